The van der Waals surface area contributed by atoms with Crippen molar-refractivity contribution in [3.63, 3.8) is 0 Å². The summed E-state index contributed by atoms with van der Waals surface area (Å²) in [5, 5.41) is 0. The van der Waals surface area contributed by atoms with Crippen LogP contribution in [0.2, 0.25) is 0 Å². The molecule has 3 N–H and O–H groups in total. The summed E-state index contributed by atoms with van der Waals surface area (Å²) in [5.74, 6) is 0. The molecule has 0 radical (unpaired) electrons. The van der Waals surface area contributed by atoms with Gasteiger partial charge in [-0.3, -0.25) is 0 Å². The van der Waals surface area contributed by atoms with Gasteiger partial charge in [-0.25, -0.2) is 0 Å². The quantitative estimate of drug-likeness (QED) is 0.413. The molecule has 5 heteroatoms. The average Bonchev–Trinajstić information content (AvgIpc) is 1.38. The lowest BCUT2D eigenvalue weighted by atomic mass is 15.9. The maximum atomic E-state index is 7.74. The van der Waals surface area contributed by atoms with E-state index in [0.717, 1.165) is 0 Å². The van der Waals surface area contributed by atoms with Gasteiger partial charge in [-0.15, -0.1) is 0 Å². The molecular formula is H4O3P2. The Morgan fingerprint density at radius 3 is 1.60 bits per heavy atom. The van der Waals surface area contributed by atoms with Crippen LogP contribution in [0.5, 0.6) is 0 Å². The van der Waals surface area contributed by atoms with Crippen LogP contribution in [-0.4, -0.2) is 14.7 Å². The van der Waals surface area contributed by atoms with Crippen molar-refractivity contribution < 1.29 is 14.7 Å². The molecule has 0 fully saturated rings. The highest BCUT2D eigenvalue weighted by atomic mass is 32.1. The van der Waals surface area contributed by atoms with Gasteiger partial charge >= 0.3 is 0 Å². The van der Waals surface area contributed by atoms with Crippen LogP contribution >= 0.6 is 16.6 Å². The fourth-order valence-electron chi connectivity index (χ4n) is 0. The first-order valence-electron chi connectivity index (χ1n) is 0.847. The van der Waals surface area contributed by atoms with E-state index in [9.17, 15) is 0 Å². The summed E-state index contributed by atoms with van der Waals surface area (Å²) in [7, 11) is -2.72. The van der Waals surface area contributed by atoms with Crippen molar-refractivity contribution in [1.82, 2.24) is 0 Å². The molecule has 1 unspecified atom stereocenters. The number of hydrogen-bond acceptors (Lipinski definition) is 3. The van der Waals surface area contributed by atoms with E-state index in [-0.39, 0.29) is 0 Å². The van der Waals surface area contributed by atoms with Gasteiger partial charge in [0.25, 0.3) is 0 Å². The van der Waals surface area contributed by atoms with E-state index in [1.165, 1.54) is 0 Å². The van der Waals surface area contributed by atoms with Crippen molar-refractivity contribution >= 4 is 16.6 Å². The van der Waals surface area contributed by atoms with Gasteiger partial charge < -0.3 is 14.7 Å². The van der Waals surface area contributed by atoms with Crippen molar-refractivity contribution in [3.05, 3.63) is 0 Å². The zero-order valence-corrected chi connectivity index (χ0v) is 4.18. The highest BCUT2D eigenvalue weighted by molar-refractivity contribution is 8.13. The monoisotopic (exact) mass is 114 g/mol. The molecular weight excluding hydrogens is 110 g/mol. The molecule has 0 saturated heterocycles. The highest BCUT2D eigenvalue weighted by Crippen LogP contribution is 2.43. The Morgan fingerprint density at radius 2 is 1.60 bits per heavy atom. The standard InChI is InChI=1S/H4O3P2/c1-4-5(2)3/h1-4H. The fourth-order valence-corrected chi connectivity index (χ4v) is 0. The molecule has 32 valence electrons. The normalized spacial score (nSPS) is 12.0. The molecule has 0 spiro atoms. The Labute approximate surface area is 32.3 Å². The predicted octanol–water partition coefficient (Wildman–Crippen LogP) is -0.216. The summed E-state index contributed by atoms with van der Waals surface area (Å²) in [5.41, 5.74) is 0. The summed E-state index contributed by atoms with van der Waals surface area (Å²) < 4.78 is 0. The molecule has 0 aromatic carbocycles. The molecule has 0 aromatic heterocycles. The molecule has 0 aliphatic heterocycles. The first-order chi connectivity index (χ1) is 2.27. The van der Waals surface area contributed by atoms with Gasteiger partial charge in [-0.05, 0) is 0 Å². The minimum absolute atomic E-state index is 0.710. The Morgan fingerprint density at radius 1 is 1.40 bits per heavy atom. The number of hydrogen-bond donors (Lipinski definition) is 3. The Kier molecular flexibility index (Phi) is 3.39. The second kappa shape index (κ2) is 2.95. The first-order valence-corrected chi connectivity index (χ1v) is 3.88. The third-order valence-corrected chi connectivity index (χ3v) is 0.805. The van der Waals surface area contributed by atoms with Crippen LogP contribution in [0.15, 0.2) is 0 Å². The van der Waals surface area contributed by atoms with E-state index >= 15 is 0 Å². The molecule has 1 atom stereocenters. The van der Waals surface area contributed by atoms with Crippen molar-refractivity contribution in [2.24, 2.45) is 0 Å². The second-order valence-electron chi connectivity index (χ2n) is 0.389. The third-order valence-electron chi connectivity index (χ3n) is 0.0894. The molecule has 5 heavy (non-hydrogen) atoms. The van der Waals surface area contributed by atoms with Crippen molar-refractivity contribution in [2.75, 3.05) is 0 Å². The van der Waals surface area contributed by atoms with Crippen LogP contribution in [0.4, 0.5) is 0 Å². The fraction of sp³-hybridized carbons (Fsp3) is 0. The van der Waals surface area contributed by atoms with Crippen LogP contribution in [-0.2, 0) is 0 Å². The van der Waals surface area contributed by atoms with Crippen molar-refractivity contribution in [3.8, 4) is 0 Å². The maximum Gasteiger partial charge on any atom is 0.215 e. The Hall–Kier alpha value is 0.740. The first kappa shape index (κ1) is 5.74. The van der Waals surface area contributed by atoms with Crippen molar-refractivity contribution in [2.45, 2.75) is 0 Å². The van der Waals surface area contributed by atoms with Gasteiger partial charge in [0, 0.05) is 0 Å². The van der Waals surface area contributed by atoms with Crippen LogP contribution < -0.4 is 0 Å². The van der Waals surface area contributed by atoms with Crippen molar-refractivity contribution in [1.29, 1.82) is 0 Å². The summed E-state index contributed by atoms with van der Waals surface area (Å²) in [6.07, 6.45) is 0. The highest BCUT2D eigenvalue weighted by Gasteiger charge is 1.87. The molecule has 0 rings (SSSR count). The molecule has 0 bridgehead atoms. The lowest BCUT2D eigenvalue weighted by Gasteiger charge is -1.87. The van der Waals surface area contributed by atoms with Gasteiger partial charge in [0.15, 0.2) is 0 Å². The smallest absolute Gasteiger partial charge is 0.215 e. The van der Waals surface area contributed by atoms with Gasteiger partial charge in [0.1, 0.15) is 0 Å². The largest absolute Gasteiger partial charge is 0.368 e. The zero-order chi connectivity index (χ0) is 4.28. The third kappa shape index (κ3) is 4.74. The van der Waals surface area contributed by atoms with E-state index in [4.69, 9.17) is 14.7 Å². The van der Waals surface area contributed by atoms with Gasteiger partial charge in [0.2, 0.25) is 8.06 Å². The van der Waals surface area contributed by atoms with Gasteiger partial charge in [-0.1, -0.05) is 0 Å². The van der Waals surface area contributed by atoms with Crippen LogP contribution in [0.1, 0.15) is 0 Å². The molecule has 0 aromatic rings. The predicted molar refractivity (Wildman–Crippen MR) is 21.9 cm³/mol. The molecule has 0 amide bonds. The van der Waals surface area contributed by atoms with Crippen LogP contribution in [0.25, 0.3) is 0 Å². The number of rotatable bonds is 1. The Bertz CT molecular complexity index is 18.9. The lowest BCUT2D eigenvalue weighted by molar-refractivity contribution is 0.498. The summed E-state index contributed by atoms with van der Waals surface area (Å²) in [6.45, 7) is 0. The van der Waals surface area contributed by atoms with E-state index in [1.807, 2.05) is 0 Å². The zero-order valence-electron chi connectivity index (χ0n) is 2.29. The molecule has 3 nitrogen and oxygen atoms in total. The van der Waals surface area contributed by atoms with Crippen LogP contribution in [0, 0.1) is 0 Å². The molecule has 0 heterocycles. The van der Waals surface area contributed by atoms with E-state index in [2.05, 4.69) is 0 Å². The van der Waals surface area contributed by atoms with Gasteiger partial charge in [0.05, 0.1) is 8.50 Å². The summed E-state index contributed by atoms with van der Waals surface area (Å²) in [4.78, 5) is 23.2. The minimum Gasteiger partial charge on any atom is -0.368 e. The SMILES string of the molecule is OPP(O)O. The Balaban J connectivity index is 2.54. The lowest BCUT2D eigenvalue weighted by Crippen LogP contribution is -1.48. The molecule has 0 aliphatic carbocycles. The van der Waals surface area contributed by atoms with E-state index < -0.39 is 16.6 Å². The second-order valence-corrected chi connectivity index (χ2v) is 2.97. The summed E-state index contributed by atoms with van der Waals surface area (Å²) >= 11 is 0. The summed E-state index contributed by atoms with van der Waals surface area (Å²) in [6, 6.07) is 0. The molecule has 0 aliphatic rings. The minimum atomic E-state index is -2.01. The van der Waals surface area contributed by atoms with E-state index in [0.29, 0.717) is 0 Å². The average molecular weight is 114 g/mol. The van der Waals surface area contributed by atoms with E-state index in [1.54, 1.807) is 0 Å². The topological polar surface area (TPSA) is 60.7 Å². The maximum absolute atomic E-state index is 7.74. The van der Waals surface area contributed by atoms with Crippen LogP contribution in [0.3, 0.4) is 0 Å². The molecule has 0 saturated carbocycles. The van der Waals surface area contributed by atoms with Gasteiger partial charge in [-0.2, -0.15) is 0 Å².